The van der Waals surface area contributed by atoms with Gasteiger partial charge in [-0.05, 0) is 23.3 Å². The Labute approximate surface area is 126 Å². The second kappa shape index (κ2) is 5.49. The minimum Gasteiger partial charge on any atom is -0.495 e. The van der Waals surface area contributed by atoms with Crippen molar-refractivity contribution in [1.29, 1.82) is 0 Å². The number of benzene rings is 1. The van der Waals surface area contributed by atoms with Crippen LogP contribution < -0.4 is 4.74 Å². The summed E-state index contributed by atoms with van der Waals surface area (Å²) >= 11 is 6.24. The van der Waals surface area contributed by atoms with Crippen molar-refractivity contribution < 1.29 is 19.4 Å². The number of rotatable bonds is 4. The molecule has 2 aromatic rings. The zero-order valence-corrected chi connectivity index (χ0v) is 12.9. The molecule has 0 aliphatic heterocycles. The molecule has 1 aromatic carbocycles. The largest absolute Gasteiger partial charge is 0.495 e. The van der Waals surface area contributed by atoms with Gasteiger partial charge in [0.25, 0.3) is 0 Å². The summed E-state index contributed by atoms with van der Waals surface area (Å²) in [5.74, 6) is 0.686. The van der Waals surface area contributed by atoms with Gasteiger partial charge in [-0.1, -0.05) is 37.9 Å². The summed E-state index contributed by atoms with van der Waals surface area (Å²) in [5.41, 5.74) is 3.58. The first-order valence-corrected chi connectivity index (χ1v) is 8.52. The van der Waals surface area contributed by atoms with Crippen molar-refractivity contribution >= 4 is 44.9 Å². The first-order chi connectivity index (χ1) is 9.24. The van der Waals surface area contributed by atoms with Crippen LogP contribution in [0.4, 0.5) is 0 Å². The van der Waals surface area contributed by atoms with Crippen LogP contribution in [0, 0.1) is 3.82 Å². The molecule has 3 rings (SSSR count). The maximum Gasteiger partial charge on any atom is 0.135 e. The second-order valence-corrected chi connectivity index (χ2v) is 7.38. The monoisotopic (exact) mass is 332 g/mol. The van der Waals surface area contributed by atoms with Gasteiger partial charge in [-0.2, -0.15) is 0 Å². The van der Waals surface area contributed by atoms with Crippen LogP contribution in [-0.2, 0) is 15.8 Å². The van der Waals surface area contributed by atoms with Gasteiger partial charge in [-0.3, -0.25) is 0 Å². The SMILES string of the molecule is COc1cc2c(cc1SOOO)-c1ssc(=S)c1C2. The molecule has 0 spiro atoms. The fraction of sp³-hybridized carbons (Fsp3) is 0.182. The van der Waals surface area contributed by atoms with Crippen molar-refractivity contribution in [2.45, 2.75) is 11.3 Å². The van der Waals surface area contributed by atoms with Gasteiger partial charge >= 0.3 is 0 Å². The van der Waals surface area contributed by atoms with Crippen LogP contribution >= 0.6 is 44.9 Å². The van der Waals surface area contributed by atoms with Gasteiger partial charge in [-0.25, -0.2) is 5.26 Å². The van der Waals surface area contributed by atoms with Gasteiger partial charge in [0.2, 0.25) is 0 Å². The predicted molar refractivity (Wildman–Crippen MR) is 78.5 cm³/mol. The Bertz CT molecular complexity index is 676. The minimum absolute atomic E-state index is 0.686. The molecule has 0 atom stereocenters. The third-order valence-corrected chi connectivity index (χ3v) is 6.68. The summed E-state index contributed by atoms with van der Waals surface area (Å²) in [6, 6.07) is 3.95. The van der Waals surface area contributed by atoms with Gasteiger partial charge in [0.05, 0.1) is 28.9 Å². The maximum atomic E-state index is 8.25. The molecule has 0 fully saturated rings. The first-order valence-electron chi connectivity index (χ1n) is 5.22. The number of hydrogen-bond donors (Lipinski definition) is 1. The van der Waals surface area contributed by atoms with Crippen molar-refractivity contribution in [3.8, 4) is 16.2 Å². The van der Waals surface area contributed by atoms with E-state index in [9.17, 15) is 0 Å². The van der Waals surface area contributed by atoms with E-state index in [1.54, 1.807) is 27.8 Å². The Kier molecular flexibility index (Phi) is 3.90. The van der Waals surface area contributed by atoms with Crippen molar-refractivity contribution in [3.63, 3.8) is 0 Å². The van der Waals surface area contributed by atoms with Gasteiger partial charge in [0.1, 0.15) is 9.57 Å². The molecular formula is C11H8O4S4. The van der Waals surface area contributed by atoms with Gasteiger partial charge < -0.3 is 4.74 Å². The zero-order valence-electron chi connectivity index (χ0n) is 9.67. The molecule has 0 amide bonds. The van der Waals surface area contributed by atoms with E-state index >= 15 is 0 Å². The van der Waals surface area contributed by atoms with Crippen LogP contribution in [0.1, 0.15) is 11.1 Å². The Morgan fingerprint density at radius 3 is 2.95 bits per heavy atom. The molecule has 19 heavy (non-hydrogen) atoms. The fourth-order valence-corrected chi connectivity index (χ4v) is 5.50. The van der Waals surface area contributed by atoms with Crippen LogP contribution in [0.25, 0.3) is 10.4 Å². The number of ether oxygens (including phenoxy) is 1. The highest BCUT2D eigenvalue weighted by Gasteiger charge is 2.24. The summed E-state index contributed by atoms with van der Waals surface area (Å²) in [6.07, 6.45) is 0.849. The fourth-order valence-electron chi connectivity index (χ4n) is 2.06. The topological polar surface area (TPSA) is 47.9 Å². The molecule has 0 saturated carbocycles. The van der Waals surface area contributed by atoms with E-state index in [0.29, 0.717) is 5.75 Å². The van der Waals surface area contributed by atoms with E-state index in [1.807, 2.05) is 12.1 Å². The normalized spacial score (nSPS) is 12.3. The lowest BCUT2D eigenvalue weighted by atomic mass is 10.1. The number of methoxy groups -OCH3 is 1. The molecule has 0 saturated heterocycles. The Balaban J connectivity index is 2.08. The maximum absolute atomic E-state index is 8.25. The molecule has 1 aliphatic rings. The van der Waals surface area contributed by atoms with Crippen molar-refractivity contribution in [3.05, 3.63) is 27.1 Å². The quantitative estimate of drug-likeness (QED) is 0.249. The van der Waals surface area contributed by atoms with E-state index in [4.69, 9.17) is 22.2 Å². The van der Waals surface area contributed by atoms with Crippen molar-refractivity contribution in [2.75, 3.05) is 7.11 Å². The van der Waals surface area contributed by atoms with E-state index in [1.165, 1.54) is 16.0 Å². The first kappa shape index (κ1) is 13.5. The Morgan fingerprint density at radius 1 is 1.37 bits per heavy atom. The van der Waals surface area contributed by atoms with E-state index in [2.05, 4.69) is 9.37 Å². The minimum atomic E-state index is 0.686. The highest BCUT2D eigenvalue weighted by atomic mass is 32.9. The van der Waals surface area contributed by atoms with Crippen LogP contribution in [-0.4, -0.2) is 12.4 Å². The molecule has 100 valence electrons. The summed E-state index contributed by atoms with van der Waals surface area (Å²) in [4.78, 5) is 1.96. The van der Waals surface area contributed by atoms with E-state index in [0.717, 1.165) is 32.7 Å². The van der Waals surface area contributed by atoms with Gasteiger partial charge in [-0.15, -0.1) is 4.33 Å². The Morgan fingerprint density at radius 2 is 2.21 bits per heavy atom. The second-order valence-electron chi connectivity index (χ2n) is 3.82. The van der Waals surface area contributed by atoms with Crippen LogP contribution in [0.2, 0.25) is 0 Å². The molecule has 0 bridgehead atoms. The van der Waals surface area contributed by atoms with E-state index < -0.39 is 0 Å². The Hall–Kier alpha value is -0.480. The summed E-state index contributed by atoms with van der Waals surface area (Å²) in [7, 11) is 4.91. The standard InChI is InChI=1S/C11H8O4S4/c1-13-8-3-5-2-7-10(18-19-11(7)16)6(5)4-9(8)17-15-14-12/h3-4,12H,2H2,1H3. The van der Waals surface area contributed by atoms with Gasteiger partial charge in [0, 0.05) is 12.0 Å². The smallest absolute Gasteiger partial charge is 0.135 e. The molecule has 0 unspecified atom stereocenters. The third kappa shape index (κ3) is 2.33. The van der Waals surface area contributed by atoms with Crippen molar-refractivity contribution in [1.82, 2.24) is 0 Å². The van der Waals surface area contributed by atoms with Crippen molar-refractivity contribution in [2.24, 2.45) is 0 Å². The molecule has 1 aromatic heterocycles. The van der Waals surface area contributed by atoms with Crippen LogP contribution in [0.5, 0.6) is 5.75 Å². The average Bonchev–Trinajstić information content (AvgIpc) is 2.95. The predicted octanol–water partition coefficient (Wildman–Crippen LogP) is 4.55. The molecule has 1 N–H and O–H groups in total. The van der Waals surface area contributed by atoms with Gasteiger partial charge in [0.15, 0.2) is 0 Å². The molecule has 0 radical (unpaired) electrons. The molecule has 4 nitrogen and oxygen atoms in total. The molecule has 1 heterocycles. The van der Waals surface area contributed by atoms with Crippen LogP contribution in [0.3, 0.4) is 0 Å². The highest BCUT2D eigenvalue weighted by molar-refractivity contribution is 7.94. The summed E-state index contributed by atoms with van der Waals surface area (Å²) in [6.45, 7) is 0. The number of hydrogen-bond acceptors (Lipinski definition) is 8. The number of fused-ring (bicyclic) bond motifs is 3. The third-order valence-electron chi connectivity index (χ3n) is 2.88. The lowest BCUT2D eigenvalue weighted by Gasteiger charge is -2.09. The average molecular weight is 332 g/mol. The molecule has 1 aliphatic carbocycles. The molecular weight excluding hydrogens is 324 g/mol. The van der Waals surface area contributed by atoms with E-state index in [-0.39, 0.29) is 0 Å². The summed E-state index contributed by atoms with van der Waals surface area (Å²) in [5, 5.41) is 11.9. The molecule has 8 heteroatoms. The summed E-state index contributed by atoms with van der Waals surface area (Å²) < 4.78 is 10.8. The highest BCUT2D eigenvalue weighted by Crippen LogP contribution is 2.47. The zero-order chi connectivity index (χ0) is 13.4. The lowest BCUT2D eigenvalue weighted by Crippen LogP contribution is -1.91. The van der Waals surface area contributed by atoms with Crippen LogP contribution in [0.15, 0.2) is 17.0 Å². The lowest BCUT2D eigenvalue weighted by molar-refractivity contribution is -0.432.